The van der Waals surface area contributed by atoms with Crippen LogP contribution in [0.1, 0.15) is 72.0 Å². The summed E-state index contributed by atoms with van der Waals surface area (Å²) in [5.41, 5.74) is 28.9. The summed E-state index contributed by atoms with van der Waals surface area (Å²) in [6, 6.07) is 151. The molecule has 9 nitrogen and oxygen atoms in total. The minimum Gasteiger partial charge on any atom is -0.305 e. The average Bonchev–Trinajstić information content (AvgIpc) is 0.827. The van der Waals surface area contributed by atoms with Gasteiger partial charge in [0.15, 0.2) is 0 Å². The summed E-state index contributed by atoms with van der Waals surface area (Å²) in [6.07, 6.45) is 10.3. The largest absolute Gasteiger partial charge is 0.305 e. The van der Waals surface area contributed by atoms with Gasteiger partial charge in [-0.25, -0.2) is 0 Å². The van der Waals surface area contributed by atoms with Gasteiger partial charge in [-0.05, 0) is 176 Å². The van der Waals surface area contributed by atoms with Crippen LogP contribution in [0.15, 0.2) is 444 Å². The van der Waals surface area contributed by atoms with Crippen LogP contribution in [0.5, 0.6) is 0 Å². The van der Waals surface area contributed by atoms with Gasteiger partial charge in [0.1, 0.15) is 0 Å². The van der Waals surface area contributed by atoms with E-state index in [2.05, 4.69) is 174 Å². The normalized spacial score (nSPS) is 11.2. The van der Waals surface area contributed by atoms with Gasteiger partial charge in [0.25, 0.3) is 0 Å². The number of aryl methyl sites for hydroxylation is 6. The monoisotopic (exact) mass is 2460 g/mol. The van der Waals surface area contributed by atoms with Crippen molar-refractivity contribution in [1.29, 1.82) is 0 Å². The Morgan fingerprint density at radius 3 is 0.791 bits per heavy atom. The number of aromatic nitrogens is 9. The van der Waals surface area contributed by atoms with Gasteiger partial charge in [0.05, 0.1) is 5.69 Å². The second kappa shape index (κ2) is 57.6. The van der Waals surface area contributed by atoms with E-state index in [4.69, 9.17) is 11.0 Å². The summed E-state index contributed by atoms with van der Waals surface area (Å²) < 4.78 is 60.5. The first-order chi connectivity index (χ1) is 66.8. The molecule has 0 spiro atoms. The average molecular weight is 2460 g/mol. The maximum Gasteiger partial charge on any atom is 0.0695 e. The fraction of sp³-hybridized carbons (Fsp3) is 0.0826. The summed E-state index contributed by atoms with van der Waals surface area (Å²) in [5.74, 6) is 0. The van der Waals surface area contributed by atoms with Gasteiger partial charge in [-0.2, -0.15) is 0 Å². The van der Waals surface area contributed by atoms with E-state index >= 15 is 0 Å². The number of pyridine rings is 9. The van der Waals surface area contributed by atoms with E-state index in [-0.39, 0.29) is 80.4 Å². The van der Waals surface area contributed by atoms with Crippen LogP contribution in [-0.4, -0.2) is 44.9 Å². The molecule has 0 aliphatic carbocycles. The molecule has 0 atom stereocenters. The Labute approximate surface area is 856 Å². The molecular weight excluding hydrogens is 2350 g/mol. The Balaban J connectivity index is 0.000000181. The van der Waals surface area contributed by atoms with Crippen molar-refractivity contribution in [3.63, 3.8) is 0 Å². The minimum atomic E-state index is -1.34. The number of benzene rings is 11. The molecular formula is C121H99Ir4N9-8. The van der Waals surface area contributed by atoms with Crippen LogP contribution in [-0.2, 0) is 106 Å². The Kier molecular flexibility index (Phi) is 39.7. The SMILES string of the molecule is Cc1cc(-c2[c-]cccc2)ncc1-c1ccccc1.Cc1ccccc1-c1ccc(-c2[c-]cccc2)nc1.[2H]C([2H])(C)c1ccc(-c2[c-]cccc2)nc1.[2H]C([2H])(C)c1ccc(-c2[c-]cccc2)nc1.[2H]C([2H])(C)c1ccc(-c2[c-]cccc2)nc1.[2H]C([2H])(C)c1ccc(-c2[c-]cccc2)nc1.[Ir].[Ir].[Ir].[Ir].[c-]1ccccc1-c1cc(-c2ccccc2)ccn1.[c-]1ccccc1-c1cc(-c2ccccn2)ccn1. The van der Waals surface area contributed by atoms with Gasteiger partial charge in [-0.15, -0.1) is 287 Å². The Hall–Kier alpha value is -13.6. The topological polar surface area (TPSA) is 116 Å². The van der Waals surface area contributed by atoms with Crippen molar-refractivity contribution in [3.8, 4) is 135 Å². The maximum atomic E-state index is 7.57. The second-order valence-electron chi connectivity index (χ2n) is 28.9. The molecule has 0 saturated carbocycles. The summed E-state index contributed by atoms with van der Waals surface area (Å²) >= 11 is 0. The molecule has 9 heterocycles. The Morgan fingerprint density at radius 1 is 0.194 bits per heavy atom. The Morgan fingerprint density at radius 2 is 0.485 bits per heavy atom. The fourth-order valence-corrected chi connectivity index (χ4v) is 13.1. The summed E-state index contributed by atoms with van der Waals surface area (Å²) in [7, 11) is 0. The van der Waals surface area contributed by atoms with Crippen molar-refractivity contribution in [2.75, 3.05) is 0 Å². The van der Waals surface area contributed by atoms with Crippen molar-refractivity contribution in [2.24, 2.45) is 0 Å². The number of hydrogen-bond acceptors (Lipinski definition) is 9. The van der Waals surface area contributed by atoms with Crippen LogP contribution in [0.2, 0.25) is 0 Å². The summed E-state index contributed by atoms with van der Waals surface area (Å²) in [5, 5.41) is 0. The molecule has 0 saturated heterocycles. The standard InChI is InChI=1S/2C18H14N.C17H12N.C16H11N2.4C13H12N.4Ir/c1-14-12-18(16-10-6-3-7-11-16)19-13-17(14)15-8-4-2-5-9-15;1-14-7-5-6-10-17(14)16-11-12-18(19-13-16)15-8-3-2-4-9-15;1-3-7-14(8-4-1)16-11-12-18-17(13-16)15-9-5-2-6-10-15;1-2-6-13(7-3-1)16-12-14(9-11-18-16)15-8-4-5-10-17-15;4*1-2-11-8-9-13(14-10-11)12-6-4-3-5-7-12;;;;/h2-10,12-13H,1H3;2-8,10-13H,1H3;1-9,11-13H;1-6,8-12H;4*3-6,8-10H,2H2,1H3;;;;/q8*-1;;;;/i;;;;4*2D2;;;;. The third-order valence-electron chi connectivity index (χ3n) is 20.1. The molecule has 134 heavy (non-hydrogen) atoms. The number of nitrogens with zero attached hydrogens (tertiary/aromatic N) is 9. The zero-order chi connectivity index (χ0) is 97.0. The van der Waals surface area contributed by atoms with Crippen molar-refractivity contribution in [2.45, 2.75) is 67.0 Å². The van der Waals surface area contributed by atoms with Crippen LogP contribution in [0, 0.1) is 62.4 Å². The molecule has 0 aliphatic heterocycles. The first-order valence-electron chi connectivity index (χ1n) is 46.4. The predicted octanol–water partition coefficient (Wildman–Crippen LogP) is 29.3. The molecule has 0 bridgehead atoms. The first kappa shape index (κ1) is 92.2. The molecule has 20 aromatic rings. The van der Waals surface area contributed by atoms with E-state index in [1.165, 1.54) is 66.6 Å². The van der Waals surface area contributed by atoms with E-state index in [1.807, 2.05) is 316 Å². The molecule has 672 valence electrons. The minimum absolute atomic E-state index is 0. The third-order valence-corrected chi connectivity index (χ3v) is 20.1. The van der Waals surface area contributed by atoms with Gasteiger partial charge in [-0.1, -0.05) is 198 Å². The molecule has 0 fully saturated rings. The zero-order valence-electron chi connectivity index (χ0n) is 82.5. The van der Waals surface area contributed by atoms with Gasteiger partial charge in [0.2, 0.25) is 0 Å². The number of rotatable bonds is 16. The van der Waals surface area contributed by atoms with Crippen LogP contribution in [0.25, 0.3) is 135 Å². The first-order valence-corrected chi connectivity index (χ1v) is 42.4. The number of hydrogen-bond donors (Lipinski definition) is 0. The molecule has 0 N–H and O–H groups in total. The van der Waals surface area contributed by atoms with Gasteiger partial charge >= 0.3 is 0 Å². The van der Waals surface area contributed by atoms with E-state index in [1.54, 1.807) is 61.4 Å². The summed E-state index contributed by atoms with van der Waals surface area (Å²) in [6.45, 7) is 10.3. The van der Waals surface area contributed by atoms with Crippen molar-refractivity contribution in [1.82, 2.24) is 44.9 Å². The Bertz CT molecular complexity index is 6430. The van der Waals surface area contributed by atoms with Crippen molar-refractivity contribution in [3.05, 3.63) is 526 Å². The van der Waals surface area contributed by atoms with Gasteiger partial charge in [0, 0.05) is 153 Å². The molecule has 11 aromatic carbocycles. The third kappa shape index (κ3) is 32.4. The van der Waals surface area contributed by atoms with Crippen LogP contribution in [0.4, 0.5) is 0 Å². The van der Waals surface area contributed by atoms with E-state index in [0.29, 0.717) is 22.3 Å². The zero-order valence-corrected chi connectivity index (χ0v) is 84.1. The molecule has 4 radical (unpaired) electrons. The van der Waals surface area contributed by atoms with E-state index in [9.17, 15) is 0 Å². The molecule has 13 heteroatoms. The van der Waals surface area contributed by atoms with Crippen molar-refractivity contribution >= 4 is 0 Å². The molecule has 0 amide bonds. The fourth-order valence-electron chi connectivity index (χ4n) is 13.1. The van der Waals surface area contributed by atoms with Crippen LogP contribution < -0.4 is 0 Å². The van der Waals surface area contributed by atoms with E-state index < -0.39 is 25.5 Å². The molecule has 9 aromatic heterocycles. The van der Waals surface area contributed by atoms with Gasteiger partial charge < -0.3 is 39.9 Å². The molecule has 20 rings (SSSR count). The predicted molar refractivity (Wildman–Crippen MR) is 535 cm³/mol. The second-order valence-corrected chi connectivity index (χ2v) is 28.9. The smallest absolute Gasteiger partial charge is 0.0695 e. The maximum absolute atomic E-state index is 7.57. The van der Waals surface area contributed by atoms with Crippen LogP contribution >= 0.6 is 0 Å². The molecule has 0 unspecified atom stereocenters. The quantitative estimate of drug-likeness (QED) is 0.0872. The van der Waals surface area contributed by atoms with Crippen molar-refractivity contribution < 1.29 is 91.4 Å². The van der Waals surface area contributed by atoms with Crippen LogP contribution in [0.3, 0.4) is 0 Å². The van der Waals surface area contributed by atoms with E-state index in [0.717, 1.165) is 107 Å². The summed E-state index contributed by atoms with van der Waals surface area (Å²) in [4.78, 5) is 39.2. The van der Waals surface area contributed by atoms with Gasteiger partial charge in [-0.3, -0.25) is 4.98 Å². The molecule has 0 aliphatic rings.